The second-order valence-corrected chi connectivity index (χ2v) is 13.1. The molecule has 10 heteroatoms. The highest BCUT2D eigenvalue weighted by Crippen LogP contribution is 2.67. The van der Waals surface area contributed by atoms with Crippen LogP contribution in [0.5, 0.6) is 5.75 Å². The summed E-state index contributed by atoms with van der Waals surface area (Å²) in [5, 5.41) is 12.2. The molecule has 2 aromatic rings. The normalized spacial score (nSPS) is 34.6. The van der Waals surface area contributed by atoms with E-state index in [4.69, 9.17) is 23.4 Å². The molecule has 0 bridgehead atoms. The van der Waals surface area contributed by atoms with Gasteiger partial charge in [0.25, 0.3) is 0 Å². The van der Waals surface area contributed by atoms with E-state index in [1.54, 1.807) is 30.6 Å². The van der Waals surface area contributed by atoms with Crippen molar-refractivity contribution in [2.45, 2.75) is 97.6 Å². The first-order chi connectivity index (χ1) is 20.3. The Kier molecular flexibility index (Phi) is 8.48. The zero-order chi connectivity index (χ0) is 31.2. The number of carbonyl (C=O) groups is 2. The van der Waals surface area contributed by atoms with Crippen molar-refractivity contribution >= 4 is 11.9 Å². The number of pyridine rings is 1. The maximum atomic E-state index is 13.5. The van der Waals surface area contributed by atoms with Crippen LogP contribution in [0, 0.1) is 22.7 Å². The Labute approximate surface area is 252 Å². The quantitative estimate of drug-likeness (QED) is 0.327. The van der Waals surface area contributed by atoms with Gasteiger partial charge in [0.1, 0.15) is 35.4 Å². The summed E-state index contributed by atoms with van der Waals surface area (Å²) in [5.74, 6) is -1.07. The summed E-state index contributed by atoms with van der Waals surface area (Å²) < 4.78 is 30.5. The monoisotopic (exact) mass is 597 g/mol. The smallest absolute Gasteiger partial charge is 0.345 e. The fourth-order valence-corrected chi connectivity index (χ4v) is 8.28. The first-order valence-corrected chi connectivity index (χ1v) is 15.2. The average molecular weight is 598 g/mol. The van der Waals surface area contributed by atoms with Gasteiger partial charge < -0.3 is 28.5 Å². The van der Waals surface area contributed by atoms with Gasteiger partial charge in [0.15, 0.2) is 0 Å². The first kappa shape index (κ1) is 31.2. The Morgan fingerprint density at radius 1 is 1.16 bits per heavy atom. The Hall–Kier alpha value is -3.24. The predicted molar refractivity (Wildman–Crippen MR) is 156 cm³/mol. The highest BCUT2D eigenvalue weighted by Gasteiger charge is 2.70. The molecular weight excluding hydrogens is 554 g/mol. The van der Waals surface area contributed by atoms with E-state index >= 15 is 0 Å². The summed E-state index contributed by atoms with van der Waals surface area (Å²) in [6.45, 7) is 11.4. The third-order valence-electron chi connectivity index (χ3n) is 10.2. The predicted octanol–water partition coefficient (Wildman–Crippen LogP) is 5.01. The number of hydrogen-bond acceptors (Lipinski definition) is 10. The molecule has 0 amide bonds. The molecule has 0 saturated heterocycles. The molecule has 2 fully saturated rings. The number of aliphatic hydroxyl groups excluding tert-OH is 1. The first-order valence-electron chi connectivity index (χ1n) is 15.2. The number of nitrogens with zero attached hydrogens (tertiary/aromatic N) is 1. The van der Waals surface area contributed by atoms with Gasteiger partial charge in [0, 0.05) is 55.8 Å². The van der Waals surface area contributed by atoms with Gasteiger partial charge in [-0.3, -0.25) is 14.6 Å². The highest BCUT2D eigenvalue weighted by atomic mass is 16.6. The molecule has 234 valence electrons. The lowest BCUT2D eigenvalue weighted by Gasteiger charge is -2.66. The van der Waals surface area contributed by atoms with Gasteiger partial charge in [-0.25, -0.2) is 4.79 Å². The molecule has 43 heavy (non-hydrogen) atoms. The van der Waals surface area contributed by atoms with Crippen LogP contribution < -0.4 is 10.4 Å². The van der Waals surface area contributed by atoms with Crippen LogP contribution in [0.1, 0.15) is 85.3 Å². The van der Waals surface area contributed by atoms with Crippen molar-refractivity contribution in [1.29, 1.82) is 0 Å². The Bertz CT molecular complexity index is 1410. The van der Waals surface area contributed by atoms with Crippen LogP contribution in [0.25, 0.3) is 11.3 Å². The molecule has 0 unspecified atom stereocenters. The maximum Gasteiger partial charge on any atom is 0.345 e. The zero-order valence-electron chi connectivity index (χ0n) is 25.9. The van der Waals surface area contributed by atoms with Crippen LogP contribution in [0.15, 0.2) is 39.8 Å². The lowest BCUT2D eigenvalue weighted by molar-refractivity contribution is -0.274. The summed E-state index contributed by atoms with van der Waals surface area (Å²) in [5.41, 5.74) is -2.39. The van der Waals surface area contributed by atoms with Crippen molar-refractivity contribution in [1.82, 2.24) is 4.98 Å². The summed E-state index contributed by atoms with van der Waals surface area (Å²) in [6, 6.07) is 5.19. The molecule has 10 nitrogen and oxygen atoms in total. The van der Waals surface area contributed by atoms with Crippen molar-refractivity contribution < 1.29 is 38.1 Å². The van der Waals surface area contributed by atoms with Gasteiger partial charge in [0.05, 0.1) is 12.2 Å². The molecule has 8 atom stereocenters. The summed E-state index contributed by atoms with van der Waals surface area (Å²) in [6.07, 6.45) is 4.40. The molecule has 0 aromatic carbocycles. The molecule has 2 aliphatic carbocycles. The number of esters is 2. The lowest BCUT2D eigenvalue weighted by atomic mass is 9.42. The van der Waals surface area contributed by atoms with Gasteiger partial charge in [-0.1, -0.05) is 27.2 Å². The highest BCUT2D eigenvalue weighted by molar-refractivity contribution is 5.67. The van der Waals surface area contributed by atoms with E-state index in [0.717, 1.165) is 12.8 Å². The minimum Gasteiger partial charge on any atom is -0.484 e. The fraction of sp³-hybridized carbons (Fsp3) is 0.636. The molecule has 0 spiro atoms. The maximum absolute atomic E-state index is 13.5. The van der Waals surface area contributed by atoms with E-state index in [2.05, 4.69) is 18.8 Å². The molecule has 3 heterocycles. The molecule has 2 saturated carbocycles. The Morgan fingerprint density at radius 2 is 1.93 bits per heavy atom. The second-order valence-electron chi connectivity index (χ2n) is 13.1. The van der Waals surface area contributed by atoms with Crippen molar-refractivity contribution in [3.05, 3.63) is 46.6 Å². The van der Waals surface area contributed by atoms with Gasteiger partial charge in [-0.2, -0.15) is 0 Å². The third kappa shape index (κ3) is 5.37. The number of aromatic nitrogens is 1. The summed E-state index contributed by atoms with van der Waals surface area (Å²) >= 11 is 0. The Morgan fingerprint density at radius 3 is 2.58 bits per heavy atom. The number of hydrogen-bond donors (Lipinski definition) is 1. The fourth-order valence-electron chi connectivity index (χ4n) is 8.28. The van der Waals surface area contributed by atoms with Crippen LogP contribution in [-0.4, -0.2) is 53.1 Å². The number of ether oxygens (including phenoxy) is 4. The summed E-state index contributed by atoms with van der Waals surface area (Å²) in [7, 11) is 0. The molecule has 0 radical (unpaired) electrons. The minimum atomic E-state index is -1.22. The Balaban J connectivity index is 1.64. The van der Waals surface area contributed by atoms with Gasteiger partial charge in [-0.15, -0.1) is 0 Å². The SMILES string of the molecule is CCCCO[C@H]1C[C@H]2[C@](C)(COC(C)=O)[C@@H](OC(C)=O)CC[C@]2(C)[C@H]2[C@@H](O)c3c(cc(-c4cccnc4)oc3=O)O[C@]12C. The van der Waals surface area contributed by atoms with Gasteiger partial charge in [0.2, 0.25) is 0 Å². The number of aliphatic hydroxyl groups is 1. The molecular formula is C33H43NO9. The van der Waals surface area contributed by atoms with Crippen molar-refractivity contribution in [3.8, 4) is 17.1 Å². The summed E-state index contributed by atoms with van der Waals surface area (Å²) in [4.78, 5) is 41.8. The van der Waals surface area contributed by atoms with Gasteiger partial charge >= 0.3 is 17.6 Å². The largest absolute Gasteiger partial charge is 0.484 e. The number of fused-ring (bicyclic) bond motifs is 4. The zero-order valence-corrected chi connectivity index (χ0v) is 25.9. The molecule has 1 N–H and O–H groups in total. The third-order valence-corrected chi connectivity index (χ3v) is 10.2. The number of unbranched alkanes of at least 4 members (excludes halogenated alkanes) is 1. The van der Waals surface area contributed by atoms with E-state index in [9.17, 15) is 19.5 Å². The number of carbonyl (C=O) groups excluding carboxylic acids is 2. The molecule has 2 aromatic heterocycles. The van der Waals surface area contributed by atoms with Crippen LogP contribution in [0.4, 0.5) is 0 Å². The average Bonchev–Trinajstić information content (AvgIpc) is 2.94. The van der Waals surface area contributed by atoms with E-state index in [0.29, 0.717) is 37.2 Å². The van der Waals surface area contributed by atoms with Gasteiger partial charge in [-0.05, 0) is 56.1 Å². The van der Waals surface area contributed by atoms with E-state index in [1.807, 2.05) is 13.8 Å². The molecule has 5 rings (SSSR count). The van der Waals surface area contributed by atoms with Crippen molar-refractivity contribution in [3.63, 3.8) is 0 Å². The van der Waals surface area contributed by atoms with E-state index in [-0.39, 0.29) is 23.8 Å². The lowest BCUT2D eigenvalue weighted by Crippen LogP contribution is -2.71. The van der Waals surface area contributed by atoms with Crippen molar-refractivity contribution in [2.75, 3.05) is 13.2 Å². The topological polar surface area (TPSA) is 134 Å². The minimum absolute atomic E-state index is 0.0375. The van der Waals surface area contributed by atoms with Crippen LogP contribution in [0.3, 0.4) is 0 Å². The van der Waals surface area contributed by atoms with E-state index in [1.165, 1.54) is 13.8 Å². The molecule has 1 aliphatic heterocycles. The van der Waals surface area contributed by atoms with Crippen molar-refractivity contribution in [2.24, 2.45) is 22.7 Å². The van der Waals surface area contributed by atoms with Crippen LogP contribution in [-0.2, 0) is 23.8 Å². The van der Waals surface area contributed by atoms with E-state index < -0.39 is 58.2 Å². The standard InChI is InChI=1S/C33H43NO9/c1-7-8-14-39-26-16-24-31(4,12-11-25(41-20(3)36)32(24,5)18-40-19(2)35)29-28(37)27-23(43-33(26,29)6)15-22(42-30(27)38)21-10-9-13-34-17-21/h9-10,13,15,17,24-26,28-29,37H,7-8,11-12,14,16,18H2,1-6H3/t24-,25+,26+,28+,29-,31+,32+,33-/m1/s1. The van der Waals surface area contributed by atoms with Crippen LogP contribution >= 0.6 is 0 Å². The van der Waals surface area contributed by atoms with Crippen LogP contribution in [0.2, 0.25) is 0 Å². The number of rotatable bonds is 8. The second kappa shape index (κ2) is 11.7. The molecule has 3 aliphatic rings.